The van der Waals surface area contributed by atoms with E-state index in [1.165, 1.54) is 11.3 Å². The SMILES string of the molecule is CCCN(C)c1nc(N)c(C(=O)NC2(C)CCOC2)s1. The van der Waals surface area contributed by atoms with Gasteiger partial charge in [-0.2, -0.15) is 0 Å². The van der Waals surface area contributed by atoms with Crippen molar-refractivity contribution in [2.45, 2.75) is 32.2 Å². The quantitative estimate of drug-likeness (QED) is 0.860. The van der Waals surface area contributed by atoms with Crippen molar-refractivity contribution in [2.75, 3.05) is 37.4 Å². The Morgan fingerprint density at radius 1 is 1.65 bits per heavy atom. The molecule has 1 saturated heterocycles. The molecule has 1 unspecified atom stereocenters. The van der Waals surface area contributed by atoms with Crippen molar-refractivity contribution in [3.05, 3.63) is 4.88 Å². The molecule has 0 radical (unpaired) electrons. The lowest BCUT2D eigenvalue weighted by Gasteiger charge is -2.23. The third kappa shape index (κ3) is 3.21. The first-order valence-electron chi connectivity index (χ1n) is 6.83. The predicted molar refractivity (Wildman–Crippen MR) is 81.4 cm³/mol. The van der Waals surface area contributed by atoms with Crippen LogP contribution in [0.2, 0.25) is 0 Å². The topological polar surface area (TPSA) is 80.5 Å². The monoisotopic (exact) mass is 298 g/mol. The standard InChI is InChI=1S/C13H22N4O2S/c1-4-6-17(3)12-15-10(14)9(20-12)11(18)16-13(2)5-7-19-8-13/h4-8,14H2,1-3H3,(H,16,18). The van der Waals surface area contributed by atoms with E-state index in [-0.39, 0.29) is 11.4 Å². The first-order valence-corrected chi connectivity index (χ1v) is 7.64. The number of nitrogen functional groups attached to an aromatic ring is 1. The molecule has 0 spiro atoms. The average molecular weight is 298 g/mol. The van der Waals surface area contributed by atoms with Gasteiger partial charge in [-0.25, -0.2) is 4.98 Å². The van der Waals surface area contributed by atoms with Crippen LogP contribution in [-0.2, 0) is 4.74 Å². The lowest BCUT2D eigenvalue weighted by atomic mass is 10.0. The fraction of sp³-hybridized carbons (Fsp3) is 0.692. The Morgan fingerprint density at radius 2 is 2.40 bits per heavy atom. The van der Waals surface area contributed by atoms with E-state index in [2.05, 4.69) is 17.2 Å². The molecule has 3 N–H and O–H groups in total. The second-order valence-corrected chi connectivity index (χ2v) is 6.43. The summed E-state index contributed by atoms with van der Waals surface area (Å²) in [7, 11) is 1.95. The predicted octanol–water partition coefficient (Wildman–Crippen LogP) is 1.48. The first kappa shape index (κ1) is 15.1. The smallest absolute Gasteiger partial charge is 0.265 e. The van der Waals surface area contributed by atoms with E-state index in [0.29, 0.717) is 23.9 Å². The summed E-state index contributed by atoms with van der Waals surface area (Å²) in [6.07, 6.45) is 1.84. The summed E-state index contributed by atoms with van der Waals surface area (Å²) in [4.78, 5) is 19.1. The number of ether oxygens (including phenoxy) is 1. The van der Waals surface area contributed by atoms with Crippen molar-refractivity contribution < 1.29 is 9.53 Å². The van der Waals surface area contributed by atoms with Crippen LogP contribution in [0.1, 0.15) is 36.4 Å². The number of aromatic nitrogens is 1. The molecule has 6 nitrogen and oxygen atoms in total. The van der Waals surface area contributed by atoms with Gasteiger partial charge >= 0.3 is 0 Å². The van der Waals surface area contributed by atoms with Crippen molar-refractivity contribution in [1.82, 2.24) is 10.3 Å². The summed E-state index contributed by atoms with van der Waals surface area (Å²) in [6.45, 7) is 6.19. The van der Waals surface area contributed by atoms with Gasteiger partial charge in [0.15, 0.2) is 5.13 Å². The molecule has 1 aromatic heterocycles. The van der Waals surface area contributed by atoms with Crippen LogP contribution < -0.4 is 16.0 Å². The van der Waals surface area contributed by atoms with E-state index in [9.17, 15) is 4.79 Å². The minimum absolute atomic E-state index is 0.163. The molecule has 1 aliphatic rings. The van der Waals surface area contributed by atoms with Gasteiger partial charge in [0.05, 0.1) is 12.1 Å². The molecule has 1 atom stereocenters. The van der Waals surface area contributed by atoms with Gasteiger partial charge in [0.25, 0.3) is 5.91 Å². The summed E-state index contributed by atoms with van der Waals surface area (Å²) < 4.78 is 5.34. The molecule has 2 rings (SSSR count). The molecule has 0 bridgehead atoms. The zero-order chi connectivity index (χ0) is 14.8. The number of thiazole rings is 1. The van der Waals surface area contributed by atoms with E-state index < -0.39 is 0 Å². The molecule has 2 heterocycles. The van der Waals surface area contributed by atoms with Gasteiger partial charge in [-0.3, -0.25) is 4.79 Å². The Morgan fingerprint density at radius 3 is 3.00 bits per heavy atom. The van der Waals surface area contributed by atoms with Crippen LogP contribution in [0.5, 0.6) is 0 Å². The molecule has 1 aromatic rings. The molecule has 1 amide bonds. The lowest BCUT2D eigenvalue weighted by Crippen LogP contribution is -2.46. The molecule has 1 fully saturated rings. The normalized spacial score (nSPS) is 21.9. The van der Waals surface area contributed by atoms with E-state index in [1.807, 2.05) is 18.9 Å². The number of rotatable bonds is 5. The number of hydrogen-bond donors (Lipinski definition) is 2. The van der Waals surface area contributed by atoms with Crippen molar-refractivity contribution in [2.24, 2.45) is 0 Å². The molecule has 0 saturated carbocycles. The molecule has 1 aliphatic heterocycles. The maximum Gasteiger partial charge on any atom is 0.265 e. The van der Waals surface area contributed by atoms with Gasteiger partial charge in [-0.05, 0) is 19.8 Å². The fourth-order valence-electron chi connectivity index (χ4n) is 2.17. The van der Waals surface area contributed by atoms with Crippen LogP contribution in [0.4, 0.5) is 10.9 Å². The van der Waals surface area contributed by atoms with Crippen LogP contribution in [0.25, 0.3) is 0 Å². The van der Waals surface area contributed by atoms with E-state index in [0.717, 1.165) is 24.5 Å². The third-order valence-corrected chi connectivity index (χ3v) is 4.55. The van der Waals surface area contributed by atoms with Crippen LogP contribution >= 0.6 is 11.3 Å². The molecular weight excluding hydrogens is 276 g/mol. The Bertz CT molecular complexity index is 483. The summed E-state index contributed by atoms with van der Waals surface area (Å²) >= 11 is 1.33. The number of nitrogens with two attached hydrogens (primary N) is 1. The Balaban J connectivity index is 2.10. The second-order valence-electron chi connectivity index (χ2n) is 5.45. The van der Waals surface area contributed by atoms with Crippen LogP contribution in [0.3, 0.4) is 0 Å². The summed E-state index contributed by atoms with van der Waals surface area (Å²) in [5, 5.41) is 3.78. The molecule has 0 aromatic carbocycles. The van der Waals surface area contributed by atoms with Gasteiger partial charge < -0.3 is 20.7 Å². The van der Waals surface area contributed by atoms with E-state index in [1.54, 1.807) is 0 Å². The van der Waals surface area contributed by atoms with Gasteiger partial charge in [-0.1, -0.05) is 18.3 Å². The van der Waals surface area contributed by atoms with Crippen LogP contribution in [0.15, 0.2) is 0 Å². The average Bonchev–Trinajstić information content (AvgIpc) is 2.96. The molecule has 0 aliphatic carbocycles. The number of amides is 1. The van der Waals surface area contributed by atoms with Gasteiger partial charge in [0.2, 0.25) is 0 Å². The highest BCUT2D eigenvalue weighted by Gasteiger charge is 2.32. The van der Waals surface area contributed by atoms with Crippen LogP contribution in [0, 0.1) is 0 Å². The Hall–Kier alpha value is -1.34. The number of anilines is 2. The van der Waals surface area contributed by atoms with Crippen molar-refractivity contribution in [3.63, 3.8) is 0 Å². The lowest BCUT2D eigenvalue weighted by molar-refractivity contribution is 0.0894. The minimum atomic E-state index is -0.303. The molecular formula is C13H22N4O2S. The molecule has 112 valence electrons. The summed E-state index contributed by atoms with van der Waals surface area (Å²) in [6, 6.07) is 0. The van der Waals surface area contributed by atoms with E-state index in [4.69, 9.17) is 10.5 Å². The first-order chi connectivity index (χ1) is 9.45. The van der Waals surface area contributed by atoms with Gasteiger partial charge in [0.1, 0.15) is 10.7 Å². The maximum absolute atomic E-state index is 12.3. The number of hydrogen-bond acceptors (Lipinski definition) is 6. The van der Waals surface area contributed by atoms with Gasteiger partial charge in [0, 0.05) is 20.2 Å². The highest BCUT2D eigenvalue weighted by molar-refractivity contribution is 7.18. The highest BCUT2D eigenvalue weighted by atomic mass is 32.1. The van der Waals surface area contributed by atoms with Crippen molar-refractivity contribution in [3.8, 4) is 0 Å². The highest BCUT2D eigenvalue weighted by Crippen LogP contribution is 2.28. The number of nitrogens with zero attached hydrogens (tertiary/aromatic N) is 2. The summed E-state index contributed by atoms with van der Waals surface area (Å²) in [5.41, 5.74) is 5.57. The van der Waals surface area contributed by atoms with Crippen molar-refractivity contribution in [1.29, 1.82) is 0 Å². The Labute approximate surface area is 123 Å². The zero-order valence-electron chi connectivity index (χ0n) is 12.2. The number of carbonyl (C=O) groups is 1. The van der Waals surface area contributed by atoms with Crippen molar-refractivity contribution >= 4 is 28.2 Å². The maximum atomic E-state index is 12.3. The molecule has 20 heavy (non-hydrogen) atoms. The fourth-order valence-corrected chi connectivity index (χ4v) is 3.04. The number of nitrogens with one attached hydrogen (secondary N) is 1. The third-order valence-electron chi connectivity index (χ3n) is 3.37. The second kappa shape index (κ2) is 5.97. The zero-order valence-corrected chi connectivity index (χ0v) is 13.0. The number of carbonyl (C=O) groups excluding carboxylic acids is 1. The minimum Gasteiger partial charge on any atom is -0.382 e. The van der Waals surface area contributed by atoms with Gasteiger partial charge in [-0.15, -0.1) is 0 Å². The van der Waals surface area contributed by atoms with E-state index >= 15 is 0 Å². The van der Waals surface area contributed by atoms with Crippen LogP contribution in [-0.4, -0.2) is 43.2 Å². The molecule has 7 heteroatoms. The largest absolute Gasteiger partial charge is 0.382 e. The Kier molecular flexibility index (Phi) is 4.49. The summed E-state index contributed by atoms with van der Waals surface area (Å²) in [5.74, 6) is 0.136.